The first-order chi connectivity index (χ1) is 6.37. The summed E-state index contributed by atoms with van der Waals surface area (Å²) in [4.78, 5) is 20.3. The number of esters is 1. The second-order valence-corrected chi connectivity index (χ2v) is 4.53. The molecule has 0 aromatic heterocycles. The van der Waals surface area contributed by atoms with Crippen molar-refractivity contribution in [3.05, 3.63) is 0 Å². The Labute approximate surface area is 88.3 Å². The molecule has 82 valence electrons. The van der Waals surface area contributed by atoms with Crippen molar-refractivity contribution in [2.24, 2.45) is 0 Å². The van der Waals surface area contributed by atoms with Crippen molar-refractivity contribution < 1.29 is 19.1 Å². The quantitative estimate of drug-likeness (QED) is 0.628. The Morgan fingerprint density at radius 2 is 2.14 bits per heavy atom. The Bertz CT molecular complexity index is 213. The molecule has 0 aromatic carbocycles. The predicted octanol–water partition coefficient (Wildman–Crippen LogP) is 1.58. The van der Waals surface area contributed by atoms with E-state index in [9.17, 15) is 9.59 Å². The summed E-state index contributed by atoms with van der Waals surface area (Å²) in [5.74, 6) is -0.0677. The summed E-state index contributed by atoms with van der Waals surface area (Å²) in [6.07, 6.45) is 0. The van der Waals surface area contributed by atoms with Crippen molar-refractivity contribution in [3.8, 4) is 0 Å². The van der Waals surface area contributed by atoms with Crippen molar-refractivity contribution in [2.45, 2.75) is 33.5 Å². The Morgan fingerprint density at radius 1 is 1.57 bits per heavy atom. The smallest absolute Gasteiger partial charge is 0.334 e. The van der Waals surface area contributed by atoms with Gasteiger partial charge in [0.15, 0.2) is 5.12 Å². The molecule has 1 saturated heterocycles. The van der Waals surface area contributed by atoms with Gasteiger partial charge in [0.2, 0.25) is 5.79 Å². The van der Waals surface area contributed by atoms with Gasteiger partial charge in [-0.05, 0) is 5.75 Å². The van der Waals surface area contributed by atoms with Gasteiger partial charge in [0, 0.05) is 20.8 Å². The van der Waals surface area contributed by atoms with Crippen LogP contribution in [-0.4, -0.2) is 29.2 Å². The number of cyclic esters (lactones) is 1. The van der Waals surface area contributed by atoms with E-state index in [0.29, 0.717) is 0 Å². The molecule has 5 heteroatoms. The highest BCUT2D eigenvalue weighted by Gasteiger charge is 2.31. The summed E-state index contributed by atoms with van der Waals surface area (Å²) in [5.41, 5.74) is 0. The molecule has 0 aliphatic carbocycles. The fraction of sp³-hybridized carbons (Fsp3) is 0.778. The largest absolute Gasteiger partial charge is 0.432 e. The highest BCUT2D eigenvalue weighted by molar-refractivity contribution is 8.13. The molecule has 0 N–H and O–H groups in total. The third-order valence-electron chi connectivity index (χ3n) is 1.24. The predicted molar refractivity (Wildman–Crippen MR) is 54.9 cm³/mol. The van der Waals surface area contributed by atoms with Crippen LogP contribution in [0.15, 0.2) is 0 Å². The maximum Gasteiger partial charge on any atom is 0.334 e. The number of ether oxygens (including phenoxy) is 2. The normalized spacial score (nSPS) is 18.1. The first kappa shape index (κ1) is 13.4. The molecule has 0 amide bonds. The Kier molecular flexibility index (Phi) is 5.79. The molecule has 1 fully saturated rings. The first-order valence-electron chi connectivity index (χ1n) is 4.36. The van der Waals surface area contributed by atoms with Gasteiger partial charge in [0.1, 0.15) is 6.61 Å². The topological polar surface area (TPSA) is 52.6 Å². The van der Waals surface area contributed by atoms with E-state index < -0.39 is 5.79 Å². The minimum atomic E-state index is -0.683. The number of carbonyl (C=O) groups excluding carboxylic acids is 2. The molecule has 1 aliphatic rings. The van der Waals surface area contributed by atoms with Crippen LogP contribution < -0.4 is 0 Å². The molecule has 4 nitrogen and oxygen atoms in total. The van der Waals surface area contributed by atoms with Crippen LogP contribution in [0.3, 0.4) is 0 Å². The van der Waals surface area contributed by atoms with Gasteiger partial charge in [-0.1, -0.05) is 18.7 Å². The molecule has 0 unspecified atom stereocenters. The SMILES string of the molecule is CC1(C)OCC(=O)O1.CCSC(C)=O. The van der Waals surface area contributed by atoms with Crippen LogP contribution in [0.2, 0.25) is 0 Å². The molecule has 1 heterocycles. The van der Waals surface area contributed by atoms with E-state index in [-0.39, 0.29) is 17.7 Å². The average molecular weight is 220 g/mol. The zero-order chi connectivity index (χ0) is 11.2. The summed E-state index contributed by atoms with van der Waals surface area (Å²) in [6.45, 7) is 7.04. The Hall–Kier alpha value is -0.550. The lowest BCUT2D eigenvalue weighted by molar-refractivity contribution is -0.159. The lowest BCUT2D eigenvalue weighted by atomic mass is 10.4. The third kappa shape index (κ3) is 6.91. The van der Waals surface area contributed by atoms with Gasteiger partial charge in [-0.2, -0.15) is 0 Å². The van der Waals surface area contributed by atoms with E-state index in [2.05, 4.69) is 4.74 Å². The molecule has 14 heavy (non-hydrogen) atoms. The molecular formula is C9H16O4S. The Balaban J connectivity index is 0.000000255. The van der Waals surface area contributed by atoms with Gasteiger partial charge in [0.05, 0.1) is 0 Å². The standard InChI is InChI=1S/C5H8O3.C4H8OS/c1-5(2)7-3-4(6)8-5;1-3-6-4(2)5/h3H2,1-2H3;3H2,1-2H3. The minimum absolute atomic E-state index is 0.0903. The molecule has 1 rings (SSSR count). The molecule has 0 aromatic rings. The maximum absolute atomic E-state index is 10.3. The summed E-state index contributed by atoms with van der Waals surface area (Å²) in [5, 5.41) is 0.206. The first-order valence-corrected chi connectivity index (χ1v) is 5.35. The second kappa shape index (κ2) is 6.03. The van der Waals surface area contributed by atoms with Gasteiger partial charge < -0.3 is 9.47 Å². The summed E-state index contributed by atoms with van der Waals surface area (Å²) >= 11 is 1.35. The number of thioether (sulfide) groups is 1. The summed E-state index contributed by atoms with van der Waals surface area (Å²) in [6, 6.07) is 0. The third-order valence-corrected chi connectivity index (χ3v) is 1.94. The lowest BCUT2D eigenvalue weighted by Crippen LogP contribution is -2.19. The summed E-state index contributed by atoms with van der Waals surface area (Å²) < 4.78 is 9.57. The van der Waals surface area contributed by atoms with Crippen molar-refractivity contribution in [3.63, 3.8) is 0 Å². The van der Waals surface area contributed by atoms with E-state index in [4.69, 9.17) is 4.74 Å². The van der Waals surface area contributed by atoms with Crippen molar-refractivity contribution in [2.75, 3.05) is 12.4 Å². The molecule has 0 radical (unpaired) electrons. The highest BCUT2D eigenvalue weighted by atomic mass is 32.2. The van der Waals surface area contributed by atoms with Crippen LogP contribution >= 0.6 is 11.8 Å². The maximum atomic E-state index is 10.3. The molecule has 0 bridgehead atoms. The van der Waals surface area contributed by atoms with E-state index in [0.717, 1.165) is 5.75 Å². The summed E-state index contributed by atoms with van der Waals surface area (Å²) in [7, 11) is 0. The van der Waals surface area contributed by atoms with Crippen LogP contribution in [0.25, 0.3) is 0 Å². The number of rotatable bonds is 1. The second-order valence-electron chi connectivity index (χ2n) is 3.09. The lowest BCUT2D eigenvalue weighted by Gasteiger charge is -2.13. The van der Waals surface area contributed by atoms with Crippen LogP contribution in [0.4, 0.5) is 0 Å². The molecular weight excluding hydrogens is 204 g/mol. The highest BCUT2D eigenvalue weighted by Crippen LogP contribution is 2.16. The zero-order valence-corrected chi connectivity index (χ0v) is 9.77. The molecule has 0 saturated carbocycles. The van der Waals surface area contributed by atoms with Gasteiger partial charge >= 0.3 is 5.97 Å². The van der Waals surface area contributed by atoms with Gasteiger partial charge in [0.25, 0.3) is 0 Å². The number of hydrogen-bond acceptors (Lipinski definition) is 5. The van der Waals surface area contributed by atoms with E-state index >= 15 is 0 Å². The molecule has 0 atom stereocenters. The van der Waals surface area contributed by atoms with Gasteiger partial charge in [-0.3, -0.25) is 4.79 Å². The van der Waals surface area contributed by atoms with Crippen LogP contribution in [0.1, 0.15) is 27.7 Å². The molecule has 0 spiro atoms. The van der Waals surface area contributed by atoms with Crippen LogP contribution in [-0.2, 0) is 19.1 Å². The van der Waals surface area contributed by atoms with Gasteiger partial charge in [-0.25, -0.2) is 4.79 Å². The molecule has 1 aliphatic heterocycles. The number of hydrogen-bond donors (Lipinski definition) is 0. The number of carbonyl (C=O) groups is 2. The van der Waals surface area contributed by atoms with E-state index in [1.54, 1.807) is 20.8 Å². The van der Waals surface area contributed by atoms with Crippen LogP contribution in [0.5, 0.6) is 0 Å². The van der Waals surface area contributed by atoms with Crippen molar-refractivity contribution in [1.29, 1.82) is 0 Å². The minimum Gasteiger partial charge on any atom is -0.432 e. The van der Waals surface area contributed by atoms with Gasteiger partial charge in [-0.15, -0.1) is 0 Å². The fourth-order valence-electron chi connectivity index (χ4n) is 0.769. The van der Waals surface area contributed by atoms with E-state index in [1.165, 1.54) is 11.8 Å². The van der Waals surface area contributed by atoms with E-state index in [1.807, 2.05) is 6.92 Å². The fourth-order valence-corrected chi connectivity index (χ4v) is 1.18. The monoisotopic (exact) mass is 220 g/mol. The zero-order valence-electron chi connectivity index (χ0n) is 8.96. The average Bonchev–Trinajstić information content (AvgIpc) is 2.29. The van der Waals surface area contributed by atoms with Crippen LogP contribution in [0, 0.1) is 0 Å². The Morgan fingerprint density at radius 3 is 2.21 bits per heavy atom. The van der Waals surface area contributed by atoms with Crippen molar-refractivity contribution >= 4 is 22.8 Å². The van der Waals surface area contributed by atoms with Crippen molar-refractivity contribution in [1.82, 2.24) is 0 Å².